The summed E-state index contributed by atoms with van der Waals surface area (Å²) in [7, 11) is 0. The standard InChI is InChI=1S/C22H32N2O5/c1-5-6-12-17(20(26)27)23-13-14-24(21(28)29-22(2,3)4)18(19(23)25)15-16-10-8-7-9-11-16/h7-11,17-18H,5-6,12-15H2,1-4H3,(H,26,27)/t17?,18-/m1/s1. The van der Waals surface area contributed by atoms with Gasteiger partial charge in [0.1, 0.15) is 17.7 Å². The molecule has 1 fully saturated rings. The molecule has 7 nitrogen and oxygen atoms in total. The first-order valence-electron chi connectivity index (χ1n) is 10.2. The largest absolute Gasteiger partial charge is 0.480 e. The van der Waals surface area contributed by atoms with Crippen molar-refractivity contribution in [2.45, 2.75) is 71.1 Å². The molecular weight excluding hydrogens is 372 g/mol. The Balaban J connectivity index is 2.29. The fourth-order valence-electron chi connectivity index (χ4n) is 3.50. The number of hydrogen-bond acceptors (Lipinski definition) is 4. The molecule has 2 amide bonds. The predicted octanol–water partition coefficient (Wildman–Crippen LogP) is 3.32. The van der Waals surface area contributed by atoms with Crippen LogP contribution in [0.3, 0.4) is 0 Å². The van der Waals surface area contributed by atoms with Crippen molar-refractivity contribution >= 4 is 18.0 Å². The van der Waals surface area contributed by atoms with Gasteiger partial charge in [-0.05, 0) is 32.8 Å². The quantitative estimate of drug-likeness (QED) is 0.753. The Kier molecular flexibility index (Phi) is 7.65. The fraction of sp³-hybridized carbons (Fsp3) is 0.591. The van der Waals surface area contributed by atoms with E-state index in [1.165, 1.54) is 9.80 Å². The summed E-state index contributed by atoms with van der Waals surface area (Å²) in [6.07, 6.45) is 1.74. The molecule has 1 saturated heterocycles. The smallest absolute Gasteiger partial charge is 0.411 e. The van der Waals surface area contributed by atoms with Crippen LogP contribution in [0.1, 0.15) is 52.5 Å². The van der Waals surface area contributed by atoms with Crippen molar-refractivity contribution in [2.75, 3.05) is 13.1 Å². The van der Waals surface area contributed by atoms with E-state index in [-0.39, 0.29) is 19.0 Å². The maximum atomic E-state index is 13.3. The summed E-state index contributed by atoms with van der Waals surface area (Å²) >= 11 is 0. The van der Waals surface area contributed by atoms with Crippen molar-refractivity contribution in [3.05, 3.63) is 35.9 Å². The molecule has 29 heavy (non-hydrogen) atoms. The van der Waals surface area contributed by atoms with Crippen LogP contribution >= 0.6 is 0 Å². The first kappa shape index (κ1) is 22.7. The molecule has 2 rings (SSSR count). The minimum Gasteiger partial charge on any atom is -0.480 e. The third kappa shape index (κ3) is 6.21. The SMILES string of the molecule is CCCCC(C(=O)O)N1CCN(C(=O)OC(C)(C)C)[C@H](Cc2ccccc2)C1=O. The van der Waals surface area contributed by atoms with Crippen LogP contribution in [0.4, 0.5) is 4.79 Å². The number of carboxylic acids is 1. The Hall–Kier alpha value is -2.57. The van der Waals surface area contributed by atoms with Gasteiger partial charge in [-0.3, -0.25) is 9.69 Å². The van der Waals surface area contributed by atoms with Crippen LogP contribution in [0, 0.1) is 0 Å². The lowest BCUT2D eigenvalue weighted by Gasteiger charge is -2.43. The zero-order valence-corrected chi connectivity index (χ0v) is 17.8. The summed E-state index contributed by atoms with van der Waals surface area (Å²) in [6, 6.07) is 7.76. The number of amides is 2. The van der Waals surface area contributed by atoms with E-state index < -0.39 is 29.7 Å². The van der Waals surface area contributed by atoms with Crippen LogP contribution in [0.15, 0.2) is 30.3 Å². The lowest BCUT2D eigenvalue weighted by Crippen LogP contribution is -2.63. The maximum Gasteiger partial charge on any atom is 0.411 e. The molecule has 0 aliphatic carbocycles. The van der Waals surface area contributed by atoms with Crippen LogP contribution in [-0.2, 0) is 20.7 Å². The summed E-state index contributed by atoms with van der Waals surface area (Å²) in [5.74, 6) is -1.34. The molecule has 1 aliphatic rings. The van der Waals surface area contributed by atoms with Crippen LogP contribution < -0.4 is 0 Å². The van der Waals surface area contributed by atoms with E-state index in [4.69, 9.17) is 4.74 Å². The van der Waals surface area contributed by atoms with Gasteiger partial charge in [-0.25, -0.2) is 9.59 Å². The highest BCUT2D eigenvalue weighted by Gasteiger charge is 2.43. The number of aliphatic carboxylic acids is 1. The van der Waals surface area contributed by atoms with E-state index in [0.717, 1.165) is 18.4 Å². The third-order valence-corrected chi connectivity index (χ3v) is 4.92. The highest BCUT2D eigenvalue weighted by atomic mass is 16.6. The van der Waals surface area contributed by atoms with Gasteiger partial charge in [0.25, 0.3) is 0 Å². The van der Waals surface area contributed by atoms with Crippen molar-refractivity contribution < 1.29 is 24.2 Å². The Morgan fingerprint density at radius 2 is 1.86 bits per heavy atom. The monoisotopic (exact) mass is 404 g/mol. The average Bonchev–Trinajstić information content (AvgIpc) is 2.64. The number of nitrogens with zero attached hydrogens (tertiary/aromatic N) is 2. The van der Waals surface area contributed by atoms with Gasteiger partial charge in [-0.15, -0.1) is 0 Å². The van der Waals surface area contributed by atoms with Crippen molar-refractivity contribution in [3.8, 4) is 0 Å². The van der Waals surface area contributed by atoms with Crippen molar-refractivity contribution in [2.24, 2.45) is 0 Å². The first-order chi connectivity index (χ1) is 13.6. The van der Waals surface area contributed by atoms with Gasteiger partial charge in [0.2, 0.25) is 5.91 Å². The summed E-state index contributed by atoms with van der Waals surface area (Å²) < 4.78 is 5.50. The number of carboxylic acid groups (broad SMARTS) is 1. The second-order valence-corrected chi connectivity index (χ2v) is 8.41. The highest BCUT2D eigenvalue weighted by Crippen LogP contribution is 2.23. The molecule has 0 radical (unpaired) electrons. The number of benzene rings is 1. The second-order valence-electron chi connectivity index (χ2n) is 8.41. The maximum absolute atomic E-state index is 13.3. The summed E-state index contributed by atoms with van der Waals surface area (Å²) in [4.78, 5) is 40.8. The van der Waals surface area contributed by atoms with Crippen LogP contribution in [0.25, 0.3) is 0 Å². The van der Waals surface area contributed by atoms with E-state index in [2.05, 4.69) is 0 Å². The first-order valence-corrected chi connectivity index (χ1v) is 10.2. The number of hydrogen-bond donors (Lipinski definition) is 1. The number of unbranched alkanes of at least 4 members (excludes halogenated alkanes) is 1. The Labute approximate surface area is 172 Å². The number of carbonyl (C=O) groups is 3. The Bertz CT molecular complexity index is 714. The number of rotatable bonds is 7. The molecule has 1 heterocycles. The van der Waals surface area contributed by atoms with Gasteiger partial charge in [0.05, 0.1) is 0 Å². The molecule has 1 aromatic carbocycles. The van der Waals surface area contributed by atoms with Gasteiger partial charge in [-0.1, -0.05) is 50.1 Å². The van der Waals surface area contributed by atoms with Gasteiger partial charge in [0.15, 0.2) is 0 Å². The van der Waals surface area contributed by atoms with Gasteiger partial charge in [0, 0.05) is 19.5 Å². The molecule has 1 aromatic rings. The average molecular weight is 405 g/mol. The third-order valence-electron chi connectivity index (χ3n) is 4.92. The number of piperazine rings is 1. The molecule has 2 atom stereocenters. The van der Waals surface area contributed by atoms with Crippen molar-refractivity contribution in [1.82, 2.24) is 9.80 Å². The van der Waals surface area contributed by atoms with Gasteiger partial charge in [-0.2, -0.15) is 0 Å². The minimum atomic E-state index is -1.00. The zero-order chi connectivity index (χ0) is 21.6. The molecule has 0 aromatic heterocycles. The topological polar surface area (TPSA) is 87.2 Å². The van der Waals surface area contributed by atoms with E-state index in [1.807, 2.05) is 37.3 Å². The van der Waals surface area contributed by atoms with Crippen LogP contribution in [-0.4, -0.2) is 63.7 Å². The number of ether oxygens (including phenoxy) is 1. The molecule has 0 spiro atoms. The highest BCUT2D eigenvalue weighted by molar-refractivity contribution is 5.90. The predicted molar refractivity (Wildman–Crippen MR) is 110 cm³/mol. The lowest BCUT2D eigenvalue weighted by atomic mass is 9.99. The molecule has 1 aliphatic heterocycles. The normalized spacial score (nSPS) is 18.5. The van der Waals surface area contributed by atoms with E-state index in [9.17, 15) is 19.5 Å². The Morgan fingerprint density at radius 3 is 2.41 bits per heavy atom. The summed E-state index contributed by atoms with van der Waals surface area (Å²) in [5.41, 5.74) is 0.223. The molecule has 1 unspecified atom stereocenters. The molecular formula is C22H32N2O5. The molecule has 0 bridgehead atoms. The van der Waals surface area contributed by atoms with Crippen molar-refractivity contribution in [1.29, 1.82) is 0 Å². The van der Waals surface area contributed by atoms with Gasteiger partial charge >= 0.3 is 12.1 Å². The summed E-state index contributed by atoms with van der Waals surface area (Å²) in [6.45, 7) is 7.75. The van der Waals surface area contributed by atoms with Crippen molar-refractivity contribution in [3.63, 3.8) is 0 Å². The molecule has 160 valence electrons. The van der Waals surface area contributed by atoms with Crippen LogP contribution in [0.2, 0.25) is 0 Å². The second kappa shape index (κ2) is 9.76. The Morgan fingerprint density at radius 1 is 1.21 bits per heavy atom. The van der Waals surface area contributed by atoms with E-state index in [0.29, 0.717) is 12.8 Å². The van der Waals surface area contributed by atoms with Crippen LogP contribution in [0.5, 0.6) is 0 Å². The van der Waals surface area contributed by atoms with E-state index in [1.54, 1.807) is 20.8 Å². The fourth-order valence-corrected chi connectivity index (χ4v) is 3.50. The number of carbonyl (C=O) groups excluding carboxylic acids is 2. The summed E-state index contributed by atoms with van der Waals surface area (Å²) in [5, 5.41) is 9.67. The molecule has 0 saturated carbocycles. The molecule has 1 N–H and O–H groups in total. The zero-order valence-electron chi connectivity index (χ0n) is 17.8. The van der Waals surface area contributed by atoms with Gasteiger partial charge < -0.3 is 14.7 Å². The van der Waals surface area contributed by atoms with E-state index >= 15 is 0 Å². The lowest BCUT2D eigenvalue weighted by molar-refractivity contribution is -0.156. The molecule has 7 heteroatoms. The minimum absolute atomic E-state index is 0.185.